The molecule has 0 saturated carbocycles. The molecular formula is C19H27N3O3. The van der Waals surface area contributed by atoms with Gasteiger partial charge in [0, 0.05) is 26.2 Å². The third kappa shape index (κ3) is 3.85. The predicted molar refractivity (Wildman–Crippen MR) is 96.8 cm³/mol. The highest BCUT2D eigenvalue weighted by Gasteiger charge is 2.43. The van der Waals surface area contributed by atoms with E-state index in [-0.39, 0.29) is 24.3 Å². The maximum absolute atomic E-state index is 12.8. The van der Waals surface area contributed by atoms with E-state index >= 15 is 0 Å². The Bertz CT molecular complexity index is 609. The second-order valence-corrected chi connectivity index (χ2v) is 6.60. The Morgan fingerprint density at radius 3 is 2.32 bits per heavy atom. The Morgan fingerprint density at radius 1 is 1.04 bits per heavy atom. The number of piperazine rings is 1. The number of hydrogen-bond acceptors (Lipinski definition) is 5. The number of imide groups is 1. The summed E-state index contributed by atoms with van der Waals surface area (Å²) in [6.07, 6.45) is 1.22. The monoisotopic (exact) mass is 345 g/mol. The van der Waals surface area contributed by atoms with Gasteiger partial charge in [0.25, 0.3) is 5.91 Å². The average molecular weight is 345 g/mol. The van der Waals surface area contributed by atoms with Gasteiger partial charge in [-0.2, -0.15) is 0 Å². The van der Waals surface area contributed by atoms with Crippen molar-refractivity contribution in [1.82, 2.24) is 9.80 Å². The van der Waals surface area contributed by atoms with Crippen molar-refractivity contribution in [2.45, 2.75) is 32.7 Å². The van der Waals surface area contributed by atoms with Crippen LogP contribution >= 0.6 is 0 Å². The number of hydrogen-bond donors (Lipinski definition) is 0. The summed E-state index contributed by atoms with van der Waals surface area (Å²) >= 11 is 0. The van der Waals surface area contributed by atoms with E-state index in [9.17, 15) is 9.59 Å². The van der Waals surface area contributed by atoms with Crippen molar-refractivity contribution in [3.8, 4) is 5.75 Å². The SMILES string of the molecule is CCCOc1ccc(N2C(=O)CC(N3CCN(CC)CC3)C2=O)cc1. The smallest absolute Gasteiger partial charge is 0.251 e. The van der Waals surface area contributed by atoms with Gasteiger partial charge < -0.3 is 9.64 Å². The number of anilines is 1. The lowest BCUT2D eigenvalue weighted by atomic mass is 10.1. The molecule has 1 unspecified atom stereocenters. The molecule has 2 aliphatic heterocycles. The largest absolute Gasteiger partial charge is 0.494 e. The maximum Gasteiger partial charge on any atom is 0.251 e. The minimum Gasteiger partial charge on any atom is -0.494 e. The standard InChI is InChI=1S/C19H27N3O3/c1-3-13-25-16-7-5-15(6-8-16)22-18(23)14-17(19(22)24)21-11-9-20(4-2)10-12-21/h5-8,17H,3-4,9-14H2,1-2H3. The molecule has 6 nitrogen and oxygen atoms in total. The molecule has 3 rings (SSSR count). The first kappa shape index (κ1) is 17.9. The molecule has 0 aliphatic carbocycles. The van der Waals surface area contributed by atoms with Crippen molar-refractivity contribution >= 4 is 17.5 Å². The Labute approximate surface area is 149 Å². The lowest BCUT2D eigenvalue weighted by Crippen LogP contribution is -2.52. The topological polar surface area (TPSA) is 53.1 Å². The van der Waals surface area contributed by atoms with Crippen LogP contribution in [-0.2, 0) is 9.59 Å². The highest BCUT2D eigenvalue weighted by molar-refractivity contribution is 6.22. The van der Waals surface area contributed by atoms with Gasteiger partial charge in [-0.15, -0.1) is 0 Å². The molecule has 2 heterocycles. The summed E-state index contributed by atoms with van der Waals surface area (Å²) in [5.74, 6) is 0.546. The van der Waals surface area contributed by atoms with Crippen LogP contribution in [0.2, 0.25) is 0 Å². The summed E-state index contributed by atoms with van der Waals surface area (Å²) in [6.45, 7) is 9.49. The van der Waals surface area contributed by atoms with Gasteiger partial charge in [-0.25, -0.2) is 4.90 Å². The number of carbonyl (C=O) groups is 2. The van der Waals surface area contributed by atoms with E-state index in [1.807, 2.05) is 12.1 Å². The number of carbonyl (C=O) groups excluding carboxylic acids is 2. The van der Waals surface area contributed by atoms with Crippen LogP contribution in [0.4, 0.5) is 5.69 Å². The van der Waals surface area contributed by atoms with Gasteiger partial charge in [-0.1, -0.05) is 13.8 Å². The van der Waals surface area contributed by atoms with Crippen LogP contribution in [0.1, 0.15) is 26.7 Å². The minimum absolute atomic E-state index is 0.0998. The van der Waals surface area contributed by atoms with Crippen LogP contribution in [0.3, 0.4) is 0 Å². The van der Waals surface area contributed by atoms with Crippen molar-refractivity contribution in [1.29, 1.82) is 0 Å². The fourth-order valence-electron chi connectivity index (χ4n) is 3.48. The molecule has 0 spiro atoms. The second-order valence-electron chi connectivity index (χ2n) is 6.60. The van der Waals surface area contributed by atoms with E-state index in [0.29, 0.717) is 12.3 Å². The molecule has 0 aromatic heterocycles. The molecule has 136 valence electrons. The molecule has 25 heavy (non-hydrogen) atoms. The Balaban J connectivity index is 1.67. The van der Waals surface area contributed by atoms with Gasteiger partial charge in [0.15, 0.2) is 0 Å². The van der Waals surface area contributed by atoms with Gasteiger partial charge in [0.1, 0.15) is 5.75 Å². The van der Waals surface area contributed by atoms with Crippen molar-refractivity contribution in [2.24, 2.45) is 0 Å². The minimum atomic E-state index is -0.317. The number of nitrogens with zero attached hydrogens (tertiary/aromatic N) is 3. The molecule has 2 aliphatic rings. The fraction of sp³-hybridized carbons (Fsp3) is 0.579. The molecule has 1 aromatic rings. The Kier molecular flexibility index (Phi) is 5.71. The van der Waals surface area contributed by atoms with E-state index < -0.39 is 0 Å². The molecule has 2 saturated heterocycles. The average Bonchev–Trinajstić information content (AvgIpc) is 2.95. The molecule has 0 bridgehead atoms. The van der Waals surface area contributed by atoms with Gasteiger partial charge in [-0.05, 0) is 37.2 Å². The first-order chi connectivity index (χ1) is 12.1. The molecule has 2 fully saturated rings. The summed E-state index contributed by atoms with van der Waals surface area (Å²) in [6, 6.07) is 6.90. The first-order valence-electron chi connectivity index (χ1n) is 9.20. The quantitative estimate of drug-likeness (QED) is 0.735. The summed E-state index contributed by atoms with van der Waals surface area (Å²) < 4.78 is 5.56. The Morgan fingerprint density at radius 2 is 1.72 bits per heavy atom. The van der Waals surface area contributed by atoms with Gasteiger partial charge in [0.05, 0.1) is 24.8 Å². The number of benzene rings is 1. The third-order valence-electron chi connectivity index (χ3n) is 4.99. The fourth-order valence-corrected chi connectivity index (χ4v) is 3.48. The summed E-state index contributed by atoms with van der Waals surface area (Å²) in [7, 11) is 0. The van der Waals surface area contributed by atoms with Gasteiger partial charge in [0.2, 0.25) is 5.91 Å². The maximum atomic E-state index is 12.8. The van der Waals surface area contributed by atoms with Crippen LogP contribution in [0.5, 0.6) is 5.75 Å². The van der Waals surface area contributed by atoms with Gasteiger partial charge >= 0.3 is 0 Å². The van der Waals surface area contributed by atoms with E-state index in [0.717, 1.165) is 44.9 Å². The zero-order valence-electron chi connectivity index (χ0n) is 15.1. The van der Waals surface area contributed by atoms with Crippen LogP contribution in [0.25, 0.3) is 0 Å². The summed E-state index contributed by atoms with van der Waals surface area (Å²) in [4.78, 5) is 31.2. The van der Waals surface area contributed by atoms with Crippen LogP contribution in [-0.4, -0.2) is 67.0 Å². The molecule has 1 atom stereocenters. The second kappa shape index (κ2) is 7.97. The molecule has 0 N–H and O–H groups in total. The number of amides is 2. The van der Waals surface area contributed by atoms with Crippen LogP contribution in [0, 0.1) is 0 Å². The number of likely N-dealkylation sites (N-methyl/N-ethyl adjacent to an activating group) is 1. The lowest BCUT2D eigenvalue weighted by molar-refractivity contribution is -0.123. The van der Waals surface area contributed by atoms with E-state index in [4.69, 9.17) is 4.74 Å². The molecule has 6 heteroatoms. The molecule has 1 aromatic carbocycles. The third-order valence-corrected chi connectivity index (χ3v) is 4.99. The van der Waals surface area contributed by atoms with E-state index in [2.05, 4.69) is 23.6 Å². The normalized spacial score (nSPS) is 22.6. The van der Waals surface area contributed by atoms with Crippen LogP contribution in [0.15, 0.2) is 24.3 Å². The summed E-state index contributed by atoms with van der Waals surface area (Å²) in [5, 5.41) is 0. The Hall–Kier alpha value is -1.92. The van der Waals surface area contributed by atoms with E-state index in [1.165, 1.54) is 4.90 Å². The highest BCUT2D eigenvalue weighted by Crippen LogP contribution is 2.27. The molecule has 0 radical (unpaired) electrons. The zero-order valence-corrected chi connectivity index (χ0v) is 15.1. The van der Waals surface area contributed by atoms with Crippen molar-refractivity contribution < 1.29 is 14.3 Å². The number of rotatable bonds is 6. The van der Waals surface area contributed by atoms with Crippen LogP contribution < -0.4 is 9.64 Å². The first-order valence-corrected chi connectivity index (χ1v) is 9.20. The van der Waals surface area contributed by atoms with Gasteiger partial charge in [-0.3, -0.25) is 14.5 Å². The van der Waals surface area contributed by atoms with Crippen molar-refractivity contribution in [3.63, 3.8) is 0 Å². The van der Waals surface area contributed by atoms with Crippen molar-refractivity contribution in [2.75, 3.05) is 44.2 Å². The highest BCUT2D eigenvalue weighted by atomic mass is 16.5. The predicted octanol–water partition coefficient (Wildman–Crippen LogP) is 1.74. The number of ether oxygens (including phenoxy) is 1. The zero-order chi connectivity index (χ0) is 17.8. The molecular weight excluding hydrogens is 318 g/mol. The summed E-state index contributed by atoms with van der Waals surface area (Å²) in [5.41, 5.74) is 0.633. The van der Waals surface area contributed by atoms with E-state index in [1.54, 1.807) is 12.1 Å². The molecule has 2 amide bonds. The lowest BCUT2D eigenvalue weighted by Gasteiger charge is -2.36. The van der Waals surface area contributed by atoms with Crippen molar-refractivity contribution in [3.05, 3.63) is 24.3 Å².